The molecule has 2 heterocycles. The number of alkyl halides is 2. The Balaban J connectivity index is 1.70. The van der Waals surface area contributed by atoms with E-state index in [1.807, 2.05) is 0 Å². The molecule has 156 valence electrons. The highest BCUT2D eigenvalue weighted by molar-refractivity contribution is 7.89. The van der Waals surface area contributed by atoms with Crippen molar-refractivity contribution in [3.8, 4) is 5.75 Å². The van der Waals surface area contributed by atoms with Gasteiger partial charge in [0.1, 0.15) is 5.75 Å². The largest absolute Gasteiger partial charge is 0.435 e. The van der Waals surface area contributed by atoms with Gasteiger partial charge in [0, 0.05) is 18.1 Å². The van der Waals surface area contributed by atoms with Crippen molar-refractivity contribution in [1.82, 2.24) is 9.62 Å². The molecule has 2 aliphatic heterocycles. The maximum atomic E-state index is 13.1. The number of nitrogens with one attached hydrogen (secondary N) is 1. The third-order valence-corrected chi connectivity index (χ3v) is 7.16. The number of hydrogen-bond acceptors (Lipinski definition) is 5. The van der Waals surface area contributed by atoms with Crippen molar-refractivity contribution >= 4 is 15.9 Å². The van der Waals surface area contributed by atoms with E-state index in [9.17, 15) is 27.1 Å². The van der Waals surface area contributed by atoms with Crippen LogP contribution in [0.2, 0.25) is 0 Å². The van der Waals surface area contributed by atoms with Gasteiger partial charge in [-0.05, 0) is 56.9 Å². The summed E-state index contributed by atoms with van der Waals surface area (Å²) in [6.45, 7) is -1.43. The van der Waals surface area contributed by atoms with E-state index >= 15 is 0 Å². The van der Waals surface area contributed by atoms with Gasteiger partial charge in [0.15, 0.2) is 0 Å². The number of rotatable bonds is 7. The fourth-order valence-electron chi connectivity index (χ4n) is 4.11. The number of carbonyl (C=O) groups excluding carboxylic acids is 1. The average molecular weight is 418 g/mol. The number of amides is 1. The molecule has 2 bridgehead atoms. The highest BCUT2D eigenvalue weighted by Gasteiger charge is 2.47. The lowest BCUT2D eigenvalue weighted by molar-refractivity contribution is -0.123. The second kappa shape index (κ2) is 8.30. The van der Waals surface area contributed by atoms with E-state index < -0.39 is 22.7 Å². The maximum Gasteiger partial charge on any atom is 0.387 e. The molecule has 2 saturated heterocycles. The first-order valence-corrected chi connectivity index (χ1v) is 10.7. The summed E-state index contributed by atoms with van der Waals surface area (Å²) in [6.07, 6.45) is 1.72. The fraction of sp³-hybridized carbons (Fsp3) is 0.611. The molecule has 0 spiro atoms. The Kier molecular flexibility index (Phi) is 6.21. The number of sulfonamides is 1. The first-order valence-electron chi connectivity index (χ1n) is 9.22. The Hall–Kier alpha value is -1.78. The van der Waals surface area contributed by atoms with Gasteiger partial charge in [0.2, 0.25) is 15.9 Å². The minimum Gasteiger partial charge on any atom is -0.435 e. The van der Waals surface area contributed by atoms with Crippen LogP contribution in [-0.4, -0.2) is 54.6 Å². The van der Waals surface area contributed by atoms with Crippen molar-refractivity contribution in [2.45, 2.75) is 74.8 Å². The van der Waals surface area contributed by atoms with Crippen molar-refractivity contribution in [2.75, 3.05) is 0 Å². The molecule has 0 aliphatic carbocycles. The molecule has 2 aliphatic rings. The lowest BCUT2D eigenvalue weighted by atomic mass is 9.99. The Morgan fingerprint density at radius 3 is 2.32 bits per heavy atom. The zero-order valence-electron chi connectivity index (χ0n) is 15.4. The lowest BCUT2D eigenvalue weighted by Crippen LogP contribution is -2.52. The lowest BCUT2D eigenvalue weighted by Gasteiger charge is -2.38. The molecule has 0 saturated carbocycles. The normalized spacial score (nSPS) is 26.2. The number of aliphatic hydroxyl groups excluding tert-OH is 1. The van der Waals surface area contributed by atoms with E-state index in [1.165, 1.54) is 35.5 Å². The summed E-state index contributed by atoms with van der Waals surface area (Å²) in [5.74, 6) is -0.346. The van der Waals surface area contributed by atoms with Gasteiger partial charge in [0.05, 0.1) is 17.4 Å². The first kappa shape index (κ1) is 20.9. The Bertz CT molecular complexity index is 787. The second-order valence-electron chi connectivity index (χ2n) is 7.36. The molecule has 10 heteroatoms. The summed E-state index contributed by atoms with van der Waals surface area (Å²) in [7, 11) is -3.78. The van der Waals surface area contributed by atoms with Crippen LogP contribution in [0.3, 0.4) is 0 Å². The van der Waals surface area contributed by atoms with Crippen molar-refractivity contribution in [3.63, 3.8) is 0 Å². The minimum atomic E-state index is -3.78. The predicted octanol–water partition coefficient (Wildman–Crippen LogP) is 1.86. The molecule has 0 aromatic heterocycles. The molecule has 3 rings (SSSR count). The molecule has 1 aromatic carbocycles. The monoisotopic (exact) mass is 418 g/mol. The molecule has 7 nitrogen and oxygen atoms in total. The van der Waals surface area contributed by atoms with Crippen LogP contribution in [0.15, 0.2) is 29.2 Å². The number of hydrogen-bond donors (Lipinski definition) is 2. The van der Waals surface area contributed by atoms with Gasteiger partial charge in [-0.15, -0.1) is 0 Å². The molecule has 1 aromatic rings. The van der Waals surface area contributed by atoms with Crippen LogP contribution in [0.4, 0.5) is 8.78 Å². The molecular formula is C18H24F2N2O5S. The van der Waals surface area contributed by atoms with Gasteiger partial charge in [-0.1, -0.05) is 0 Å². The predicted molar refractivity (Wildman–Crippen MR) is 96.4 cm³/mol. The summed E-state index contributed by atoms with van der Waals surface area (Å²) >= 11 is 0. The molecule has 2 N–H and O–H groups in total. The summed E-state index contributed by atoms with van der Waals surface area (Å²) in [6, 6.07) is 4.38. The SMILES string of the molecule is CC(O)CC(=O)N[C@H]1C[C@H]2CC[C@@H](C1)N2S(=O)(=O)c1ccc(OC(F)F)cc1. The Labute approximate surface area is 162 Å². The number of piperidine rings is 1. The average Bonchev–Trinajstić information content (AvgIpc) is 2.86. The molecule has 28 heavy (non-hydrogen) atoms. The summed E-state index contributed by atoms with van der Waals surface area (Å²) in [4.78, 5) is 11.9. The van der Waals surface area contributed by atoms with Gasteiger partial charge in [-0.2, -0.15) is 13.1 Å². The summed E-state index contributed by atoms with van der Waals surface area (Å²) in [5.41, 5.74) is 0. The van der Waals surface area contributed by atoms with Gasteiger partial charge in [-0.3, -0.25) is 4.79 Å². The second-order valence-corrected chi connectivity index (χ2v) is 9.20. The number of benzene rings is 1. The third kappa shape index (κ3) is 4.61. The Morgan fingerprint density at radius 2 is 1.82 bits per heavy atom. The van der Waals surface area contributed by atoms with Crippen LogP contribution < -0.4 is 10.1 Å². The number of fused-ring (bicyclic) bond motifs is 2. The van der Waals surface area contributed by atoms with E-state index in [2.05, 4.69) is 10.1 Å². The maximum absolute atomic E-state index is 13.1. The van der Waals surface area contributed by atoms with Crippen LogP contribution in [0.25, 0.3) is 0 Å². The Morgan fingerprint density at radius 1 is 1.25 bits per heavy atom. The highest BCUT2D eigenvalue weighted by Crippen LogP contribution is 2.40. The third-order valence-electron chi connectivity index (χ3n) is 5.14. The van der Waals surface area contributed by atoms with Gasteiger partial charge < -0.3 is 15.2 Å². The molecule has 4 atom stereocenters. The molecule has 2 fully saturated rings. The number of carbonyl (C=O) groups is 1. The molecule has 1 amide bonds. The summed E-state index contributed by atoms with van der Waals surface area (Å²) in [5, 5.41) is 12.2. The van der Waals surface area contributed by atoms with Crippen LogP contribution in [-0.2, 0) is 14.8 Å². The van der Waals surface area contributed by atoms with E-state index in [0.29, 0.717) is 25.7 Å². The quantitative estimate of drug-likeness (QED) is 0.705. The van der Waals surface area contributed by atoms with Crippen molar-refractivity contribution < 1.29 is 31.8 Å². The zero-order valence-corrected chi connectivity index (χ0v) is 16.2. The van der Waals surface area contributed by atoms with Gasteiger partial charge in [0.25, 0.3) is 0 Å². The number of aliphatic hydroxyl groups is 1. The molecular weight excluding hydrogens is 394 g/mol. The highest BCUT2D eigenvalue weighted by atomic mass is 32.2. The number of halogens is 2. The van der Waals surface area contributed by atoms with Crippen LogP contribution in [0.5, 0.6) is 5.75 Å². The van der Waals surface area contributed by atoms with Crippen LogP contribution >= 0.6 is 0 Å². The van der Waals surface area contributed by atoms with Crippen molar-refractivity contribution in [3.05, 3.63) is 24.3 Å². The number of nitrogens with zero attached hydrogens (tertiary/aromatic N) is 1. The van der Waals surface area contributed by atoms with Gasteiger partial charge >= 0.3 is 6.61 Å². The van der Waals surface area contributed by atoms with Gasteiger partial charge in [-0.25, -0.2) is 8.42 Å². The standard InChI is InChI=1S/C18H24F2N2O5S/c1-11(23)8-17(24)21-12-9-13-2-3-14(10-12)22(13)28(25,26)16-6-4-15(5-7-16)27-18(19)20/h4-7,11-14,18,23H,2-3,8-10H2,1H3,(H,21,24)/t11?,12-,13+,14-. The van der Waals surface area contributed by atoms with E-state index in [0.717, 1.165) is 0 Å². The van der Waals surface area contributed by atoms with Crippen LogP contribution in [0, 0.1) is 0 Å². The van der Waals surface area contributed by atoms with E-state index in [1.54, 1.807) is 0 Å². The van der Waals surface area contributed by atoms with E-state index in [4.69, 9.17) is 0 Å². The fourth-order valence-corrected chi connectivity index (χ4v) is 6.01. The molecule has 1 unspecified atom stereocenters. The zero-order chi connectivity index (χ0) is 20.5. The minimum absolute atomic E-state index is 0.0148. The molecule has 0 radical (unpaired) electrons. The topological polar surface area (TPSA) is 95.9 Å². The van der Waals surface area contributed by atoms with E-state index in [-0.39, 0.29) is 41.1 Å². The first-order chi connectivity index (χ1) is 13.2. The van der Waals surface area contributed by atoms with Crippen LogP contribution in [0.1, 0.15) is 39.0 Å². The summed E-state index contributed by atoms with van der Waals surface area (Å²) < 4.78 is 56.4. The smallest absolute Gasteiger partial charge is 0.387 e. The van der Waals surface area contributed by atoms with Crippen molar-refractivity contribution in [2.24, 2.45) is 0 Å². The van der Waals surface area contributed by atoms with Crippen molar-refractivity contribution in [1.29, 1.82) is 0 Å². The number of ether oxygens (including phenoxy) is 1.